The number of hydrogen-bond donors (Lipinski definition) is 1. The van der Waals surface area contributed by atoms with E-state index in [1.807, 2.05) is 0 Å². The van der Waals surface area contributed by atoms with Crippen molar-refractivity contribution >= 4 is 23.2 Å². The largest absolute Gasteiger partial charge is 0.379 e. The summed E-state index contributed by atoms with van der Waals surface area (Å²) < 4.78 is 0. The van der Waals surface area contributed by atoms with E-state index >= 15 is 0 Å². The molecule has 126 valence electrons. The Labute approximate surface area is 135 Å². The molecule has 1 aromatic carbocycles. The Bertz CT molecular complexity index is 574. The number of likely N-dealkylation sites (N-methyl/N-ethyl adjacent to an activating group) is 2. The summed E-state index contributed by atoms with van der Waals surface area (Å²) in [6.45, 7) is 2.53. The van der Waals surface area contributed by atoms with Crippen LogP contribution < -0.4 is 5.32 Å². The summed E-state index contributed by atoms with van der Waals surface area (Å²) in [6, 6.07) is 6.26. The zero-order chi connectivity index (χ0) is 17.4. The fourth-order valence-electron chi connectivity index (χ4n) is 1.93. The van der Waals surface area contributed by atoms with Crippen LogP contribution >= 0.6 is 0 Å². The average Bonchev–Trinajstić information content (AvgIpc) is 2.52. The number of anilines is 1. The number of nitro groups is 1. The molecule has 0 saturated heterocycles. The van der Waals surface area contributed by atoms with Crippen LogP contribution in [0.25, 0.3) is 0 Å². The van der Waals surface area contributed by atoms with Gasteiger partial charge in [-0.05, 0) is 13.0 Å². The lowest BCUT2D eigenvalue weighted by Gasteiger charge is -2.22. The molecule has 0 aromatic heterocycles. The van der Waals surface area contributed by atoms with Crippen molar-refractivity contribution in [3.63, 3.8) is 0 Å². The van der Waals surface area contributed by atoms with Crippen LogP contribution in [0.1, 0.15) is 13.3 Å². The lowest BCUT2D eigenvalue weighted by molar-refractivity contribution is -0.384. The molecule has 0 fully saturated rings. The van der Waals surface area contributed by atoms with Gasteiger partial charge in [-0.3, -0.25) is 19.7 Å². The lowest BCUT2D eigenvalue weighted by Crippen LogP contribution is -2.40. The minimum Gasteiger partial charge on any atom is -0.379 e. The van der Waals surface area contributed by atoms with Crippen LogP contribution in [0, 0.1) is 10.1 Å². The van der Waals surface area contributed by atoms with Gasteiger partial charge in [-0.25, -0.2) is 0 Å². The van der Waals surface area contributed by atoms with Gasteiger partial charge in [0.05, 0.1) is 11.5 Å². The van der Waals surface area contributed by atoms with Gasteiger partial charge in [0.15, 0.2) is 0 Å². The second-order valence-corrected chi connectivity index (χ2v) is 5.15. The number of hydrogen-bond acceptors (Lipinski definition) is 5. The first kappa shape index (κ1) is 18.4. The summed E-state index contributed by atoms with van der Waals surface area (Å²) in [5.41, 5.74) is 0.341. The summed E-state index contributed by atoms with van der Waals surface area (Å²) in [5.74, 6) is -0.319. The Balaban J connectivity index is 2.56. The lowest BCUT2D eigenvalue weighted by atomic mass is 10.2. The van der Waals surface area contributed by atoms with Crippen molar-refractivity contribution in [2.24, 2.45) is 0 Å². The molecule has 0 heterocycles. The van der Waals surface area contributed by atoms with Crippen LogP contribution in [0.5, 0.6) is 0 Å². The van der Waals surface area contributed by atoms with E-state index in [0.717, 1.165) is 0 Å². The number of nitro benzene ring substituents is 1. The third kappa shape index (κ3) is 5.57. The van der Waals surface area contributed by atoms with Gasteiger partial charge in [0.25, 0.3) is 5.69 Å². The summed E-state index contributed by atoms with van der Waals surface area (Å²) in [4.78, 5) is 37.1. The van der Waals surface area contributed by atoms with E-state index in [2.05, 4.69) is 5.32 Å². The number of benzene rings is 1. The Morgan fingerprint density at radius 1 is 1.22 bits per heavy atom. The monoisotopic (exact) mass is 322 g/mol. The molecular weight excluding hydrogens is 300 g/mol. The number of carbonyl (C=O) groups excluding carboxylic acids is 2. The normalized spacial score (nSPS) is 10.0. The van der Waals surface area contributed by atoms with E-state index in [1.165, 1.54) is 15.9 Å². The van der Waals surface area contributed by atoms with Crippen LogP contribution in [-0.4, -0.2) is 60.3 Å². The van der Waals surface area contributed by atoms with Crippen molar-refractivity contribution < 1.29 is 14.5 Å². The molecule has 0 saturated carbocycles. The van der Waals surface area contributed by atoms with E-state index in [1.54, 1.807) is 39.2 Å². The number of nitrogens with zero attached hydrogens (tertiary/aromatic N) is 3. The van der Waals surface area contributed by atoms with Crippen LogP contribution in [0.4, 0.5) is 11.4 Å². The molecule has 8 nitrogen and oxygen atoms in total. The maximum atomic E-state index is 12.1. The van der Waals surface area contributed by atoms with E-state index in [-0.39, 0.29) is 37.0 Å². The molecule has 0 unspecified atom stereocenters. The van der Waals surface area contributed by atoms with Crippen molar-refractivity contribution in [1.82, 2.24) is 9.80 Å². The molecule has 0 spiro atoms. The molecule has 0 bridgehead atoms. The standard InChI is InChI=1S/C15H22N4O4/c1-4-18(11-15(21)17(2)3)14(20)9-10-16-12-7-5-6-8-13(12)19(22)23/h5-8,16H,4,9-11H2,1-3H3. The fraction of sp³-hybridized carbons (Fsp3) is 0.467. The maximum absolute atomic E-state index is 12.1. The van der Waals surface area contributed by atoms with Gasteiger partial charge in [-0.15, -0.1) is 0 Å². The highest BCUT2D eigenvalue weighted by molar-refractivity contribution is 5.84. The Morgan fingerprint density at radius 2 is 1.87 bits per heavy atom. The molecular formula is C15H22N4O4. The third-order valence-electron chi connectivity index (χ3n) is 3.31. The fourth-order valence-corrected chi connectivity index (χ4v) is 1.93. The third-order valence-corrected chi connectivity index (χ3v) is 3.31. The topological polar surface area (TPSA) is 95.8 Å². The smallest absolute Gasteiger partial charge is 0.292 e. The molecule has 1 aromatic rings. The Morgan fingerprint density at radius 3 is 2.43 bits per heavy atom. The second-order valence-electron chi connectivity index (χ2n) is 5.15. The minimum atomic E-state index is -0.474. The summed E-state index contributed by atoms with van der Waals surface area (Å²) in [5, 5.41) is 13.8. The number of para-hydroxylation sites is 2. The molecule has 2 amide bonds. The predicted molar refractivity (Wildman–Crippen MR) is 87.2 cm³/mol. The van der Waals surface area contributed by atoms with Gasteiger partial charge in [0.2, 0.25) is 11.8 Å². The van der Waals surface area contributed by atoms with E-state index in [4.69, 9.17) is 0 Å². The van der Waals surface area contributed by atoms with E-state index in [9.17, 15) is 19.7 Å². The highest BCUT2D eigenvalue weighted by atomic mass is 16.6. The summed E-state index contributed by atoms with van der Waals surface area (Å²) in [6.07, 6.45) is 0.153. The number of nitrogens with one attached hydrogen (secondary N) is 1. The highest BCUT2D eigenvalue weighted by Gasteiger charge is 2.17. The van der Waals surface area contributed by atoms with Crippen LogP contribution in [0.3, 0.4) is 0 Å². The van der Waals surface area contributed by atoms with Gasteiger partial charge >= 0.3 is 0 Å². The van der Waals surface area contributed by atoms with Gasteiger partial charge < -0.3 is 15.1 Å². The zero-order valence-electron chi connectivity index (χ0n) is 13.6. The predicted octanol–water partition coefficient (Wildman–Crippen LogP) is 1.33. The first-order valence-corrected chi connectivity index (χ1v) is 7.32. The molecule has 8 heteroatoms. The second kappa shape index (κ2) is 8.72. The Hall–Kier alpha value is -2.64. The van der Waals surface area contributed by atoms with Crippen molar-refractivity contribution in [2.45, 2.75) is 13.3 Å². The maximum Gasteiger partial charge on any atom is 0.292 e. The molecule has 23 heavy (non-hydrogen) atoms. The van der Waals surface area contributed by atoms with Gasteiger partial charge in [0, 0.05) is 39.7 Å². The van der Waals surface area contributed by atoms with Crippen LogP contribution in [0.2, 0.25) is 0 Å². The zero-order valence-corrected chi connectivity index (χ0v) is 13.6. The molecule has 1 N–H and O–H groups in total. The molecule has 1 rings (SSSR count). The van der Waals surface area contributed by atoms with Crippen molar-refractivity contribution in [1.29, 1.82) is 0 Å². The quantitative estimate of drug-likeness (QED) is 0.575. The average molecular weight is 322 g/mol. The van der Waals surface area contributed by atoms with Gasteiger partial charge in [-0.2, -0.15) is 0 Å². The Kier molecular flexibility index (Phi) is 6.98. The van der Waals surface area contributed by atoms with Gasteiger partial charge in [-0.1, -0.05) is 12.1 Å². The van der Waals surface area contributed by atoms with Crippen LogP contribution in [0.15, 0.2) is 24.3 Å². The highest BCUT2D eigenvalue weighted by Crippen LogP contribution is 2.22. The molecule has 0 aliphatic rings. The van der Waals surface area contributed by atoms with Gasteiger partial charge in [0.1, 0.15) is 5.69 Å². The van der Waals surface area contributed by atoms with Crippen molar-refractivity contribution in [2.75, 3.05) is 39.0 Å². The first-order chi connectivity index (χ1) is 10.9. The SMILES string of the molecule is CCN(CC(=O)N(C)C)C(=O)CCNc1ccccc1[N+](=O)[O-]. The summed E-state index contributed by atoms with van der Waals surface area (Å²) >= 11 is 0. The molecule has 0 radical (unpaired) electrons. The van der Waals surface area contributed by atoms with Crippen molar-refractivity contribution in [3.8, 4) is 0 Å². The van der Waals surface area contributed by atoms with E-state index < -0.39 is 4.92 Å². The number of carbonyl (C=O) groups is 2. The number of amides is 2. The summed E-state index contributed by atoms with van der Waals surface area (Å²) in [7, 11) is 3.27. The molecule has 0 aliphatic carbocycles. The first-order valence-electron chi connectivity index (χ1n) is 7.32. The van der Waals surface area contributed by atoms with Crippen molar-refractivity contribution in [3.05, 3.63) is 34.4 Å². The van der Waals surface area contributed by atoms with Crippen LogP contribution in [-0.2, 0) is 9.59 Å². The number of rotatable bonds is 8. The minimum absolute atomic E-state index is 0.0323. The molecule has 0 aliphatic heterocycles. The molecule has 0 atom stereocenters. The van der Waals surface area contributed by atoms with E-state index in [0.29, 0.717) is 12.2 Å².